The Morgan fingerprint density at radius 3 is 2.79 bits per heavy atom. The van der Waals surface area contributed by atoms with Crippen LogP contribution in [0.4, 0.5) is 10.5 Å². The first kappa shape index (κ1) is 27.2. The maximum atomic E-state index is 13.3. The van der Waals surface area contributed by atoms with Crippen LogP contribution in [0.2, 0.25) is 5.02 Å². The Balaban J connectivity index is 1.58. The number of hydrogen-bond acceptors (Lipinski definition) is 7. The van der Waals surface area contributed by atoms with Gasteiger partial charge in [0.2, 0.25) is 0 Å². The first-order chi connectivity index (χ1) is 18.0. The highest BCUT2D eigenvalue weighted by Crippen LogP contribution is 2.46. The fourth-order valence-corrected chi connectivity index (χ4v) is 7.21. The monoisotopic (exact) mass is 557 g/mol. The van der Waals surface area contributed by atoms with Gasteiger partial charge in [-0.15, -0.1) is 11.3 Å². The Morgan fingerprint density at radius 2 is 2.08 bits per heavy atom. The van der Waals surface area contributed by atoms with Crippen LogP contribution in [0.3, 0.4) is 0 Å². The number of benzene rings is 1. The fourth-order valence-electron chi connectivity index (χ4n) is 5.97. The molecule has 0 unspecified atom stereocenters. The van der Waals surface area contributed by atoms with Crippen molar-refractivity contribution >= 4 is 44.9 Å². The standard InChI is InChI=1S/C29H36ClN3O4S/c1-28(2,3)37-27(35)33-15-20(14-29(33,4)17-36-5)32-10-6-7-18-11-19(30)12-23(25(18)32)22-8-9-31-24-13-21(16-34)38-26(22)24/h8-9,11-13,20,34H,6-7,10,14-17H2,1-5H3/t20-,29-/m0/s1. The first-order valence-corrected chi connectivity index (χ1v) is 14.3. The summed E-state index contributed by atoms with van der Waals surface area (Å²) in [6.45, 7) is 9.62. The fraction of sp³-hybridized carbons (Fsp3) is 0.517. The predicted octanol–water partition coefficient (Wildman–Crippen LogP) is 6.28. The van der Waals surface area contributed by atoms with E-state index in [0.29, 0.717) is 18.2 Å². The Hall–Kier alpha value is -2.39. The maximum Gasteiger partial charge on any atom is 0.410 e. The van der Waals surface area contributed by atoms with Crippen molar-refractivity contribution in [3.63, 3.8) is 0 Å². The molecule has 0 radical (unpaired) electrons. The molecule has 38 heavy (non-hydrogen) atoms. The molecule has 1 fully saturated rings. The summed E-state index contributed by atoms with van der Waals surface area (Å²) in [6, 6.07) is 8.20. The number of ether oxygens (including phenoxy) is 2. The Labute approximate surface area is 233 Å². The molecule has 1 aromatic carbocycles. The topological polar surface area (TPSA) is 75.1 Å². The number of anilines is 1. The molecule has 2 atom stereocenters. The zero-order valence-electron chi connectivity index (χ0n) is 22.7. The zero-order valence-corrected chi connectivity index (χ0v) is 24.3. The van der Waals surface area contributed by atoms with E-state index in [2.05, 4.69) is 22.9 Å². The molecule has 1 N–H and O–H groups in total. The molecule has 2 aromatic heterocycles. The largest absolute Gasteiger partial charge is 0.444 e. The lowest BCUT2D eigenvalue weighted by atomic mass is 9.91. The lowest BCUT2D eigenvalue weighted by Gasteiger charge is -2.38. The van der Waals surface area contributed by atoms with Gasteiger partial charge in [0, 0.05) is 59.2 Å². The quantitative estimate of drug-likeness (QED) is 0.398. The van der Waals surface area contributed by atoms with Crippen LogP contribution in [-0.2, 0) is 22.5 Å². The number of carbonyl (C=O) groups is 1. The summed E-state index contributed by atoms with van der Waals surface area (Å²) >= 11 is 8.24. The van der Waals surface area contributed by atoms with Gasteiger partial charge in [0.05, 0.1) is 29.0 Å². The number of likely N-dealkylation sites (tertiary alicyclic amines) is 1. The number of methoxy groups -OCH3 is 1. The number of halogens is 1. The SMILES string of the molecule is COC[C@]1(C)C[C@H](N2CCCc3cc(Cl)cc(-c4ccnc5cc(CO)sc45)c32)CN1C(=O)OC(C)(C)C. The number of thiophene rings is 1. The lowest BCUT2D eigenvalue weighted by molar-refractivity contribution is -0.00567. The number of aromatic nitrogens is 1. The molecule has 9 heteroatoms. The normalized spacial score (nSPS) is 21.7. The second-order valence-electron chi connectivity index (χ2n) is 11.6. The number of aliphatic hydroxyl groups is 1. The number of hydrogen-bond donors (Lipinski definition) is 1. The van der Waals surface area contributed by atoms with E-state index in [1.807, 2.05) is 50.1 Å². The van der Waals surface area contributed by atoms with E-state index in [9.17, 15) is 9.90 Å². The van der Waals surface area contributed by atoms with E-state index < -0.39 is 11.1 Å². The third-order valence-corrected chi connectivity index (χ3v) is 8.79. The van der Waals surface area contributed by atoms with E-state index >= 15 is 0 Å². The van der Waals surface area contributed by atoms with Crippen molar-refractivity contribution in [2.75, 3.05) is 31.7 Å². The average Bonchev–Trinajstić information content (AvgIpc) is 3.43. The van der Waals surface area contributed by atoms with Crippen LogP contribution >= 0.6 is 22.9 Å². The highest BCUT2D eigenvalue weighted by molar-refractivity contribution is 7.19. The Kier molecular flexibility index (Phi) is 7.37. The Morgan fingerprint density at radius 1 is 1.29 bits per heavy atom. The molecule has 0 aliphatic carbocycles. The van der Waals surface area contributed by atoms with Crippen molar-refractivity contribution in [3.05, 3.63) is 45.9 Å². The average molecular weight is 558 g/mol. The smallest absolute Gasteiger partial charge is 0.410 e. The van der Waals surface area contributed by atoms with Gasteiger partial charge < -0.3 is 19.5 Å². The highest BCUT2D eigenvalue weighted by Gasteiger charge is 2.48. The molecule has 3 aromatic rings. The number of carbonyl (C=O) groups excluding carboxylic acids is 1. The maximum absolute atomic E-state index is 13.3. The lowest BCUT2D eigenvalue weighted by Crippen LogP contribution is -2.49. The summed E-state index contributed by atoms with van der Waals surface area (Å²) < 4.78 is 12.5. The van der Waals surface area contributed by atoms with Crippen LogP contribution in [0.5, 0.6) is 0 Å². The van der Waals surface area contributed by atoms with Gasteiger partial charge in [0.15, 0.2) is 0 Å². The minimum absolute atomic E-state index is 0.0130. The number of amides is 1. The Bertz CT molecular complexity index is 1350. The van der Waals surface area contributed by atoms with Gasteiger partial charge >= 0.3 is 6.09 Å². The molecule has 0 bridgehead atoms. The first-order valence-electron chi connectivity index (χ1n) is 13.1. The van der Waals surface area contributed by atoms with Crippen LogP contribution in [-0.4, -0.2) is 65.1 Å². The molecule has 1 amide bonds. The highest BCUT2D eigenvalue weighted by atomic mass is 35.5. The van der Waals surface area contributed by atoms with E-state index in [0.717, 1.165) is 52.0 Å². The molecular formula is C29H36ClN3O4S. The van der Waals surface area contributed by atoms with Gasteiger partial charge in [-0.05, 0) is 76.8 Å². The second-order valence-corrected chi connectivity index (χ2v) is 13.2. The van der Waals surface area contributed by atoms with E-state index in [4.69, 9.17) is 21.1 Å². The van der Waals surface area contributed by atoms with Crippen LogP contribution in [0.15, 0.2) is 30.5 Å². The van der Waals surface area contributed by atoms with Crippen molar-refractivity contribution in [1.82, 2.24) is 9.88 Å². The summed E-state index contributed by atoms with van der Waals surface area (Å²) in [5, 5.41) is 10.5. The van der Waals surface area contributed by atoms with Gasteiger partial charge in [-0.2, -0.15) is 0 Å². The van der Waals surface area contributed by atoms with E-state index in [1.165, 1.54) is 11.3 Å². The summed E-state index contributed by atoms with van der Waals surface area (Å²) in [5.74, 6) is 0. The number of aryl methyl sites for hydroxylation is 1. The molecule has 4 heterocycles. The van der Waals surface area contributed by atoms with Gasteiger partial charge in [-0.3, -0.25) is 9.88 Å². The van der Waals surface area contributed by atoms with Crippen LogP contribution in [0, 0.1) is 0 Å². The molecule has 0 spiro atoms. The summed E-state index contributed by atoms with van der Waals surface area (Å²) in [7, 11) is 1.68. The van der Waals surface area contributed by atoms with Gasteiger partial charge in [0.1, 0.15) is 5.60 Å². The number of aliphatic hydroxyl groups excluding tert-OH is 1. The van der Waals surface area contributed by atoms with Crippen LogP contribution < -0.4 is 4.90 Å². The molecule has 7 nitrogen and oxygen atoms in total. The van der Waals surface area contributed by atoms with E-state index in [-0.39, 0.29) is 18.7 Å². The molecule has 5 rings (SSSR count). The van der Waals surface area contributed by atoms with Gasteiger partial charge in [-0.1, -0.05) is 11.6 Å². The molecule has 1 saturated heterocycles. The molecule has 204 valence electrons. The van der Waals surface area contributed by atoms with Crippen molar-refractivity contribution in [1.29, 1.82) is 0 Å². The molecule has 2 aliphatic rings. The van der Waals surface area contributed by atoms with E-state index in [1.54, 1.807) is 18.4 Å². The van der Waals surface area contributed by atoms with Crippen LogP contribution in [0.25, 0.3) is 21.3 Å². The van der Waals surface area contributed by atoms with Gasteiger partial charge in [0.25, 0.3) is 0 Å². The van der Waals surface area contributed by atoms with Crippen molar-refractivity contribution in [2.24, 2.45) is 0 Å². The third kappa shape index (κ3) is 5.11. The third-order valence-electron chi connectivity index (χ3n) is 7.43. The summed E-state index contributed by atoms with van der Waals surface area (Å²) in [5.41, 5.74) is 4.32. The number of fused-ring (bicyclic) bond motifs is 2. The van der Waals surface area contributed by atoms with Crippen molar-refractivity contribution in [2.45, 2.75) is 70.7 Å². The minimum atomic E-state index is -0.578. The minimum Gasteiger partial charge on any atom is -0.444 e. The van der Waals surface area contributed by atoms with Gasteiger partial charge in [-0.25, -0.2) is 4.79 Å². The number of rotatable bonds is 5. The number of pyridine rings is 1. The molecule has 0 saturated carbocycles. The van der Waals surface area contributed by atoms with Crippen molar-refractivity contribution in [3.8, 4) is 11.1 Å². The molecular weight excluding hydrogens is 522 g/mol. The summed E-state index contributed by atoms with van der Waals surface area (Å²) in [6.07, 6.45) is 4.23. The van der Waals surface area contributed by atoms with Crippen LogP contribution in [0.1, 0.15) is 51.0 Å². The second kappa shape index (κ2) is 10.3. The molecule has 2 aliphatic heterocycles. The zero-order chi connectivity index (χ0) is 27.2. The van der Waals surface area contributed by atoms with Crippen molar-refractivity contribution < 1.29 is 19.4 Å². The number of nitrogens with zero attached hydrogens (tertiary/aromatic N) is 3. The summed E-state index contributed by atoms with van der Waals surface area (Å²) in [4.78, 5) is 23.1. The predicted molar refractivity (Wildman–Crippen MR) is 153 cm³/mol.